The lowest BCUT2D eigenvalue weighted by Crippen LogP contribution is -2.39. The average Bonchev–Trinajstić information content (AvgIpc) is 1.64. The second-order valence-corrected chi connectivity index (χ2v) is 2.09. The number of nitrogens with zero attached hydrogens (tertiary/aromatic N) is 1. The summed E-state index contributed by atoms with van der Waals surface area (Å²) < 4.78 is 0. The number of hydrogen-bond acceptors (Lipinski definition) is 2. The van der Waals surface area contributed by atoms with Crippen LogP contribution in [-0.2, 0) is 9.68 Å². The van der Waals surface area contributed by atoms with Crippen molar-refractivity contribution >= 4 is 0 Å². The van der Waals surface area contributed by atoms with Crippen molar-refractivity contribution in [1.82, 2.24) is 0 Å². The molecule has 0 aromatic rings. The van der Waals surface area contributed by atoms with Crippen LogP contribution in [0.2, 0.25) is 0 Å². The fourth-order valence-electron chi connectivity index (χ4n) is 0.659. The first-order valence-corrected chi connectivity index (χ1v) is 3.25. The van der Waals surface area contributed by atoms with Gasteiger partial charge in [-0.25, -0.2) is 0 Å². The molecule has 3 heteroatoms. The number of rotatable bonds is 4. The lowest BCUT2D eigenvalue weighted by Gasteiger charge is -2.22. The van der Waals surface area contributed by atoms with Gasteiger partial charge in [0.05, 0.1) is 0 Å². The highest BCUT2D eigenvalue weighted by Gasteiger charge is 2.15. The molecular formula is C6H16NO2+. The van der Waals surface area contributed by atoms with E-state index in [4.69, 9.17) is 9.68 Å². The molecule has 0 saturated heterocycles. The second kappa shape index (κ2) is 3.82. The SMILES string of the molecule is CCO[N+](C)(C)OCC. The van der Waals surface area contributed by atoms with E-state index in [1.807, 2.05) is 27.9 Å². The van der Waals surface area contributed by atoms with E-state index in [2.05, 4.69) is 0 Å². The molecule has 0 spiro atoms. The Morgan fingerprint density at radius 2 is 1.33 bits per heavy atom. The molecule has 9 heavy (non-hydrogen) atoms. The molecule has 0 radical (unpaired) electrons. The maximum Gasteiger partial charge on any atom is 0.132 e. The monoisotopic (exact) mass is 134 g/mol. The van der Waals surface area contributed by atoms with Gasteiger partial charge in [0.2, 0.25) is 0 Å². The zero-order valence-corrected chi connectivity index (χ0v) is 6.68. The molecule has 0 saturated carbocycles. The van der Waals surface area contributed by atoms with Gasteiger partial charge in [0, 0.05) is 0 Å². The summed E-state index contributed by atoms with van der Waals surface area (Å²) in [6.45, 7) is 5.23. The fourth-order valence-corrected chi connectivity index (χ4v) is 0.659. The molecule has 0 N–H and O–H groups in total. The molecule has 0 aliphatic heterocycles. The van der Waals surface area contributed by atoms with Crippen LogP contribution in [0, 0.1) is 0 Å². The van der Waals surface area contributed by atoms with Gasteiger partial charge in [0.25, 0.3) is 0 Å². The van der Waals surface area contributed by atoms with Crippen molar-refractivity contribution in [3.05, 3.63) is 0 Å². The van der Waals surface area contributed by atoms with Gasteiger partial charge in [-0.1, -0.05) is 0 Å². The van der Waals surface area contributed by atoms with Crippen molar-refractivity contribution in [2.45, 2.75) is 13.8 Å². The summed E-state index contributed by atoms with van der Waals surface area (Å²) >= 11 is 0. The van der Waals surface area contributed by atoms with Crippen LogP contribution in [0.1, 0.15) is 13.8 Å². The van der Waals surface area contributed by atoms with Crippen molar-refractivity contribution in [3.63, 3.8) is 0 Å². The Hall–Kier alpha value is -0.120. The quantitative estimate of drug-likeness (QED) is 0.421. The van der Waals surface area contributed by atoms with Crippen LogP contribution in [0.25, 0.3) is 0 Å². The zero-order chi connectivity index (χ0) is 7.33. The minimum atomic E-state index is 0.188. The van der Waals surface area contributed by atoms with Crippen LogP contribution < -0.4 is 0 Å². The first-order valence-electron chi connectivity index (χ1n) is 3.25. The molecule has 0 aliphatic carbocycles. The molecule has 0 aromatic heterocycles. The van der Waals surface area contributed by atoms with Gasteiger partial charge in [-0.3, -0.25) is 0 Å². The van der Waals surface area contributed by atoms with E-state index in [-0.39, 0.29) is 4.81 Å². The lowest BCUT2D eigenvalue weighted by atomic mass is 10.9. The van der Waals surface area contributed by atoms with Crippen LogP contribution in [0.3, 0.4) is 0 Å². The minimum Gasteiger partial charge on any atom is -0.169 e. The normalized spacial score (nSPS) is 12.0. The first-order chi connectivity index (χ1) is 4.12. The van der Waals surface area contributed by atoms with E-state index in [0.717, 1.165) is 0 Å². The highest BCUT2D eigenvalue weighted by atomic mass is 17.0. The zero-order valence-electron chi connectivity index (χ0n) is 6.68. The molecule has 0 atom stereocenters. The van der Waals surface area contributed by atoms with Crippen molar-refractivity contribution < 1.29 is 14.5 Å². The van der Waals surface area contributed by atoms with Crippen molar-refractivity contribution in [1.29, 1.82) is 0 Å². The fraction of sp³-hybridized carbons (Fsp3) is 1.00. The van der Waals surface area contributed by atoms with Crippen molar-refractivity contribution in [3.8, 4) is 0 Å². The minimum absolute atomic E-state index is 0.188. The van der Waals surface area contributed by atoms with Gasteiger partial charge >= 0.3 is 0 Å². The second-order valence-electron chi connectivity index (χ2n) is 2.09. The maximum absolute atomic E-state index is 5.18. The molecule has 0 unspecified atom stereocenters. The van der Waals surface area contributed by atoms with Crippen LogP contribution in [0.4, 0.5) is 0 Å². The van der Waals surface area contributed by atoms with E-state index in [9.17, 15) is 0 Å². The number of hydroxylamine groups is 4. The number of quaternary nitrogens is 1. The summed E-state index contributed by atoms with van der Waals surface area (Å²) in [5.41, 5.74) is 0. The van der Waals surface area contributed by atoms with E-state index in [1.54, 1.807) is 0 Å². The van der Waals surface area contributed by atoms with Gasteiger partial charge < -0.3 is 0 Å². The van der Waals surface area contributed by atoms with Gasteiger partial charge in [-0.2, -0.15) is 9.68 Å². The highest BCUT2D eigenvalue weighted by Crippen LogP contribution is 1.98. The summed E-state index contributed by atoms with van der Waals surface area (Å²) in [5, 5.41) is 0. The maximum atomic E-state index is 5.18. The van der Waals surface area contributed by atoms with Gasteiger partial charge in [-0.05, 0) is 18.7 Å². The molecule has 0 amide bonds. The Morgan fingerprint density at radius 3 is 1.56 bits per heavy atom. The highest BCUT2D eigenvalue weighted by molar-refractivity contribution is 3.97. The summed E-state index contributed by atoms with van der Waals surface area (Å²) in [7, 11) is 3.71. The van der Waals surface area contributed by atoms with Crippen LogP contribution in [0.5, 0.6) is 0 Å². The molecular weight excluding hydrogens is 118 g/mol. The number of hydrogen-bond donors (Lipinski definition) is 0. The van der Waals surface area contributed by atoms with Gasteiger partial charge in [0.1, 0.15) is 27.3 Å². The summed E-state index contributed by atoms with van der Waals surface area (Å²) in [4.78, 5) is 10.6. The van der Waals surface area contributed by atoms with Crippen molar-refractivity contribution in [2.75, 3.05) is 27.3 Å². The topological polar surface area (TPSA) is 18.5 Å². The third-order valence-electron chi connectivity index (χ3n) is 0.880. The summed E-state index contributed by atoms with van der Waals surface area (Å²) in [5.74, 6) is 0. The van der Waals surface area contributed by atoms with E-state index < -0.39 is 0 Å². The average molecular weight is 134 g/mol. The Bertz CT molecular complexity index is 65.5. The van der Waals surface area contributed by atoms with Gasteiger partial charge in [0.15, 0.2) is 0 Å². The Labute approximate surface area is 56.7 Å². The van der Waals surface area contributed by atoms with E-state index in [1.165, 1.54) is 0 Å². The molecule has 0 fully saturated rings. The van der Waals surface area contributed by atoms with Crippen molar-refractivity contribution in [2.24, 2.45) is 0 Å². The van der Waals surface area contributed by atoms with Crippen LogP contribution in [0.15, 0.2) is 0 Å². The molecule has 0 bridgehead atoms. The Morgan fingerprint density at radius 1 is 1.00 bits per heavy atom. The predicted molar refractivity (Wildman–Crippen MR) is 35.4 cm³/mol. The summed E-state index contributed by atoms with van der Waals surface area (Å²) in [6, 6.07) is 0. The molecule has 0 rings (SSSR count). The Kier molecular flexibility index (Phi) is 3.77. The molecule has 0 heterocycles. The largest absolute Gasteiger partial charge is 0.169 e. The summed E-state index contributed by atoms with van der Waals surface area (Å²) in [6.07, 6.45) is 0. The third kappa shape index (κ3) is 4.39. The first kappa shape index (κ1) is 8.88. The van der Waals surface area contributed by atoms with Gasteiger partial charge in [-0.15, -0.1) is 0 Å². The van der Waals surface area contributed by atoms with Crippen LogP contribution in [-0.4, -0.2) is 32.1 Å². The smallest absolute Gasteiger partial charge is 0.132 e. The molecule has 0 aromatic carbocycles. The van der Waals surface area contributed by atoms with E-state index >= 15 is 0 Å². The third-order valence-corrected chi connectivity index (χ3v) is 0.880. The molecule has 3 nitrogen and oxygen atoms in total. The standard InChI is InChI=1S/C6H16NO2/c1-5-8-7(3,4)9-6-2/h5-6H2,1-4H3/q+1. The van der Waals surface area contributed by atoms with Crippen LogP contribution >= 0.6 is 0 Å². The Balaban J connectivity index is 3.43. The molecule has 0 aliphatic rings. The molecule has 56 valence electrons. The predicted octanol–water partition coefficient (Wildman–Crippen LogP) is 0.966. The van der Waals surface area contributed by atoms with E-state index in [0.29, 0.717) is 13.2 Å². The lowest BCUT2D eigenvalue weighted by molar-refractivity contribution is -1.22.